The molecular formula is C19H15N3O7S2. The van der Waals surface area contributed by atoms with Crippen molar-refractivity contribution >= 4 is 44.4 Å². The van der Waals surface area contributed by atoms with E-state index >= 15 is 0 Å². The van der Waals surface area contributed by atoms with Crippen LogP contribution in [0.5, 0.6) is 0 Å². The fourth-order valence-corrected chi connectivity index (χ4v) is 3.73. The van der Waals surface area contributed by atoms with E-state index in [9.17, 15) is 31.3 Å². The second-order valence-electron chi connectivity index (χ2n) is 6.03. The minimum absolute atomic E-state index is 0.00781. The molecule has 0 fully saturated rings. The Morgan fingerprint density at radius 3 is 1.90 bits per heavy atom. The molecule has 160 valence electrons. The number of carbonyl (C=O) groups excluding carboxylic acids is 2. The number of nitrogens with zero attached hydrogens (tertiary/aromatic N) is 1. The Balaban J connectivity index is 1.83. The number of amides is 2. The molecule has 0 aliphatic rings. The van der Waals surface area contributed by atoms with E-state index in [1.165, 1.54) is 54.6 Å². The Bertz CT molecular complexity index is 1290. The summed E-state index contributed by atoms with van der Waals surface area (Å²) >= 11 is -2.33. The van der Waals surface area contributed by atoms with Gasteiger partial charge < -0.3 is 15.2 Å². The second-order valence-corrected chi connectivity index (χ2v) is 8.36. The molecule has 2 amide bonds. The van der Waals surface area contributed by atoms with E-state index in [0.29, 0.717) is 0 Å². The van der Waals surface area contributed by atoms with Gasteiger partial charge in [-0.15, -0.1) is 0 Å². The molecule has 31 heavy (non-hydrogen) atoms. The summed E-state index contributed by atoms with van der Waals surface area (Å²) < 4.78 is 52.9. The molecular weight excluding hydrogens is 446 g/mol. The number of anilines is 2. The van der Waals surface area contributed by atoms with Crippen LogP contribution in [-0.2, 0) is 21.2 Å². The van der Waals surface area contributed by atoms with E-state index in [1.54, 1.807) is 6.07 Å². The topological polar surface area (TPSA) is 163 Å². The van der Waals surface area contributed by atoms with Crippen molar-refractivity contribution in [1.29, 1.82) is 0 Å². The van der Waals surface area contributed by atoms with Crippen LogP contribution in [0.25, 0.3) is 0 Å². The average Bonchev–Trinajstić information content (AvgIpc) is 2.73. The zero-order chi connectivity index (χ0) is 22.6. The predicted molar refractivity (Wildman–Crippen MR) is 112 cm³/mol. The summed E-state index contributed by atoms with van der Waals surface area (Å²) in [5, 5.41) is 4.78. The van der Waals surface area contributed by atoms with E-state index in [2.05, 4.69) is 15.6 Å². The number of benzene rings is 2. The molecule has 10 nitrogen and oxygen atoms in total. The van der Waals surface area contributed by atoms with Crippen LogP contribution in [0.15, 0.2) is 76.5 Å². The van der Waals surface area contributed by atoms with E-state index in [-0.39, 0.29) is 27.7 Å². The van der Waals surface area contributed by atoms with Crippen LogP contribution in [0.2, 0.25) is 0 Å². The van der Waals surface area contributed by atoms with Crippen LogP contribution >= 0.6 is 0 Å². The molecule has 0 saturated carbocycles. The van der Waals surface area contributed by atoms with Crippen molar-refractivity contribution < 1.29 is 31.3 Å². The number of pyridine rings is 1. The molecule has 4 N–H and O–H groups in total. The zero-order valence-electron chi connectivity index (χ0n) is 15.6. The van der Waals surface area contributed by atoms with Gasteiger partial charge in [-0.2, -0.15) is 8.42 Å². The Morgan fingerprint density at radius 2 is 1.32 bits per heavy atom. The van der Waals surface area contributed by atoms with Gasteiger partial charge in [0.1, 0.15) is 16.3 Å². The molecule has 3 aromatic rings. The van der Waals surface area contributed by atoms with Gasteiger partial charge in [-0.3, -0.25) is 14.1 Å². The van der Waals surface area contributed by atoms with Gasteiger partial charge in [-0.05, 0) is 36.4 Å². The molecule has 0 aliphatic carbocycles. The molecule has 1 heterocycles. The van der Waals surface area contributed by atoms with Crippen molar-refractivity contribution in [1.82, 2.24) is 4.98 Å². The number of carbonyl (C=O) groups is 2. The molecule has 0 bridgehead atoms. The van der Waals surface area contributed by atoms with Gasteiger partial charge in [0, 0.05) is 0 Å². The molecule has 0 spiro atoms. The third-order valence-electron chi connectivity index (χ3n) is 3.95. The predicted octanol–water partition coefficient (Wildman–Crippen LogP) is 2.41. The first kappa shape index (κ1) is 22.2. The smallest absolute Gasteiger partial charge is 0.296 e. The van der Waals surface area contributed by atoms with Crippen LogP contribution in [0.3, 0.4) is 0 Å². The monoisotopic (exact) mass is 461 g/mol. The highest BCUT2D eigenvalue weighted by Crippen LogP contribution is 2.21. The maximum atomic E-state index is 12.5. The van der Waals surface area contributed by atoms with Crippen molar-refractivity contribution in [3.8, 4) is 0 Å². The molecule has 0 saturated heterocycles. The Labute approximate surface area is 179 Å². The minimum Gasteiger partial charge on any atom is -0.319 e. The minimum atomic E-state index is -4.57. The van der Waals surface area contributed by atoms with Gasteiger partial charge in [-0.1, -0.05) is 30.3 Å². The molecule has 0 radical (unpaired) electrons. The van der Waals surface area contributed by atoms with E-state index in [4.69, 9.17) is 0 Å². The van der Waals surface area contributed by atoms with Crippen molar-refractivity contribution in [3.05, 3.63) is 78.1 Å². The Hall–Kier alpha value is -3.45. The van der Waals surface area contributed by atoms with Crippen LogP contribution in [0.4, 0.5) is 11.4 Å². The number of nitrogens with one attached hydrogen (secondary N) is 2. The normalized spacial score (nSPS) is 12.1. The molecule has 2 aromatic carbocycles. The molecule has 1 aromatic heterocycles. The summed E-state index contributed by atoms with van der Waals surface area (Å²) in [6, 6.07) is 15.2. The standard InChI is InChI=1S/C19H15N3O7S2/c23-18(21-12-6-1-3-10-16(12)30(25)26)14-8-5-9-15(20-14)19(24)22-13-7-2-4-11-17(13)31(27,28)29/h1-11H,(H,21,23)(H,22,24)(H,25,26)(H,27,28,29). The lowest BCUT2D eigenvalue weighted by atomic mass is 10.2. The largest absolute Gasteiger partial charge is 0.319 e. The number of para-hydroxylation sites is 2. The zero-order valence-corrected chi connectivity index (χ0v) is 17.2. The summed E-state index contributed by atoms with van der Waals surface area (Å²) in [7, 11) is -4.57. The van der Waals surface area contributed by atoms with E-state index in [1.807, 2.05) is 0 Å². The lowest BCUT2D eigenvalue weighted by molar-refractivity contribution is 0.101. The van der Waals surface area contributed by atoms with Gasteiger partial charge in [0.25, 0.3) is 21.9 Å². The molecule has 0 aliphatic heterocycles. The fraction of sp³-hybridized carbons (Fsp3) is 0. The first-order valence-corrected chi connectivity index (χ1v) is 11.1. The SMILES string of the molecule is O=C(Nc1ccccc1S(=O)O)c1cccc(C(=O)Nc2ccccc2S(=O)(=O)O)n1. The van der Waals surface area contributed by atoms with Gasteiger partial charge in [0.05, 0.1) is 16.3 Å². The van der Waals surface area contributed by atoms with Crippen LogP contribution in [0, 0.1) is 0 Å². The lowest BCUT2D eigenvalue weighted by Gasteiger charge is -2.10. The molecule has 12 heteroatoms. The van der Waals surface area contributed by atoms with Crippen LogP contribution in [0.1, 0.15) is 21.0 Å². The Kier molecular flexibility index (Phi) is 6.56. The highest BCUT2D eigenvalue weighted by molar-refractivity contribution is 7.86. The highest BCUT2D eigenvalue weighted by Gasteiger charge is 2.19. The van der Waals surface area contributed by atoms with Crippen LogP contribution < -0.4 is 10.6 Å². The second kappa shape index (κ2) is 9.14. The summed E-state index contributed by atoms with van der Waals surface area (Å²) in [5.41, 5.74) is -0.413. The van der Waals surface area contributed by atoms with E-state index < -0.39 is 37.9 Å². The summed E-state index contributed by atoms with van der Waals surface area (Å²) in [4.78, 5) is 28.5. The number of hydrogen-bond donors (Lipinski definition) is 4. The summed E-state index contributed by atoms with van der Waals surface area (Å²) in [5.74, 6) is -1.55. The number of hydrogen-bond acceptors (Lipinski definition) is 6. The maximum Gasteiger partial charge on any atom is 0.296 e. The lowest BCUT2D eigenvalue weighted by Crippen LogP contribution is -2.19. The third kappa shape index (κ3) is 5.38. The Morgan fingerprint density at radius 1 is 0.806 bits per heavy atom. The fourth-order valence-electron chi connectivity index (χ4n) is 2.58. The van der Waals surface area contributed by atoms with Gasteiger partial charge in [0.2, 0.25) is 0 Å². The first-order valence-electron chi connectivity index (χ1n) is 8.53. The maximum absolute atomic E-state index is 12.5. The summed E-state index contributed by atoms with van der Waals surface area (Å²) in [6.07, 6.45) is 0. The van der Waals surface area contributed by atoms with Gasteiger partial charge in [-0.25, -0.2) is 9.19 Å². The number of aromatic nitrogens is 1. The molecule has 3 rings (SSSR count). The number of rotatable bonds is 6. The first-order chi connectivity index (χ1) is 14.7. The third-order valence-corrected chi connectivity index (χ3v) is 5.59. The average molecular weight is 461 g/mol. The molecule has 1 atom stereocenters. The van der Waals surface area contributed by atoms with E-state index in [0.717, 1.165) is 6.07 Å². The van der Waals surface area contributed by atoms with Crippen molar-refractivity contribution in [2.45, 2.75) is 9.79 Å². The summed E-state index contributed by atoms with van der Waals surface area (Å²) in [6.45, 7) is 0. The quantitative estimate of drug-likeness (QED) is 0.321. The van der Waals surface area contributed by atoms with Gasteiger partial charge >= 0.3 is 0 Å². The van der Waals surface area contributed by atoms with Crippen molar-refractivity contribution in [2.24, 2.45) is 0 Å². The highest BCUT2D eigenvalue weighted by atomic mass is 32.2. The van der Waals surface area contributed by atoms with Crippen molar-refractivity contribution in [2.75, 3.05) is 10.6 Å². The van der Waals surface area contributed by atoms with Crippen LogP contribution in [-0.4, -0.2) is 38.5 Å². The van der Waals surface area contributed by atoms with Crippen molar-refractivity contribution in [3.63, 3.8) is 0 Å². The van der Waals surface area contributed by atoms with Gasteiger partial charge in [0.15, 0.2) is 11.1 Å². The molecule has 1 unspecified atom stereocenters.